The highest BCUT2D eigenvalue weighted by Gasteiger charge is 2.19. The number of hydrogen-bond acceptors (Lipinski definition) is 5. The van der Waals surface area contributed by atoms with E-state index in [0.717, 1.165) is 6.54 Å². The van der Waals surface area contributed by atoms with Crippen molar-refractivity contribution in [3.8, 4) is 0 Å². The molecule has 0 radical (unpaired) electrons. The number of hydrogen-bond donors (Lipinski definition) is 1. The first-order valence-corrected chi connectivity index (χ1v) is 5.36. The number of amides is 1. The highest BCUT2D eigenvalue weighted by Crippen LogP contribution is 2.12. The van der Waals surface area contributed by atoms with Gasteiger partial charge in [0, 0.05) is 13.1 Å². The minimum Gasteiger partial charge on any atom is -0.463 e. The van der Waals surface area contributed by atoms with E-state index < -0.39 is 5.97 Å². The van der Waals surface area contributed by atoms with Gasteiger partial charge >= 0.3 is 5.97 Å². The van der Waals surface area contributed by atoms with Crippen LogP contribution in [-0.2, 0) is 16.1 Å². The fourth-order valence-electron chi connectivity index (χ4n) is 1.67. The van der Waals surface area contributed by atoms with Gasteiger partial charge < -0.3 is 19.4 Å². The molecule has 1 aromatic heterocycles. The molecule has 2 heterocycles. The van der Waals surface area contributed by atoms with Crippen LogP contribution < -0.4 is 5.32 Å². The molecule has 6 heteroatoms. The molecule has 0 aromatic carbocycles. The SMILES string of the molecule is COC(=O)c1ccc(CN2CCNCC2=O)o1. The van der Waals surface area contributed by atoms with Crippen LogP contribution >= 0.6 is 0 Å². The standard InChI is InChI=1S/C11H14N2O4/c1-16-11(15)9-3-2-8(17-9)7-13-5-4-12-6-10(13)14/h2-3,12H,4-7H2,1H3. The molecule has 92 valence electrons. The Morgan fingerprint density at radius 3 is 3.12 bits per heavy atom. The van der Waals surface area contributed by atoms with Crippen molar-refractivity contribution in [2.45, 2.75) is 6.54 Å². The van der Waals surface area contributed by atoms with Gasteiger partial charge in [-0.05, 0) is 12.1 Å². The summed E-state index contributed by atoms with van der Waals surface area (Å²) in [5.74, 6) is 0.265. The zero-order valence-corrected chi connectivity index (χ0v) is 9.56. The Balaban J connectivity index is 2.01. The molecule has 17 heavy (non-hydrogen) atoms. The summed E-state index contributed by atoms with van der Waals surface area (Å²) in [6.45, 7) is 2.16. The van der Waals surface area contributed by atoms with Crippen LogP contribution in [0.5, 0.6) is 0 Å². The molecular weight excluding hydrogens is 224 g/mol. The highest BCUT2D eigenvalue weighted by atomic mass is 16.5. The molecule has 2 rings (SSSR count). The lowest BCUT2D eigenvalue weighted by Crippen LogP contribution is -2.47. The molecule has 1 fully saturated rings. The summed E-state index contributed by atoms with van der Waals surface area (Å²) in [5.41, 5.74) is 0. The van der Waals surface area contributed by atoms with Crippen LogP contribution in [0.1, 0.15) is 16.3 Å². The van der Waals surface area contributed by atoms with Crippen molar-refractivity contribution < 1.29 is 18.7 Å². The third-order valence-corrected chi connectivity index (χ3v) is 2.58. The summed E-state index contributed by atoms with van der Waals surface area (Å²) in [5, 5.41) is 2.99. The molecule has 0 atom stereocenters. The van der Waals surface area contributed by atoms with E-state index in [1.165, 1.54) is 7.11 Å². The number of methoxy groups -OCH3 is 1. The first kappa shape index (κ1) is 11.7. The predicted molar refractivity (Wildman–Crippen MR) is 58.3 cm³/mol. The molecule has 1 N–H and O–H groups in total. The fraction of sp³-hybridized carbons (Fsp3) is 0.455. The third-order valence-electron chi connectivity index (χ3n) is 2.58. The number of esters is 1. The third kappa shape index (κ3) is 2.65. The van der Waals surface area contributed by atoms with Gasteiger partial charge in [0.1, 0.15) is 5.76 Å². The summed E-state index contributed by atoms with van der Waals surface area (Å²) >= 11 is 0. The van der Waals surface area contributed by atoms with E-state index in [0.29, 0.717) is 25.4 Å². The second kappa shape index (κ2) is 5.01. The number of carbonyl (C=O) groups is 2. The summed E-state index contributed by atoms with van der Waals surface area (Å²) < 4.78 is 9.84. The van der Waals surface area contributed by atoms with E-state index in [9.17, 15) is 9.59 Å². The number of rotatable bonds is 3. The maximum Gasteiger partial charge on any atom is 0.373 e. The van der Waals surface area contributed by atoms with Gasteiger partial charge in [-0.25, -0.2) is 4.79 Å². The molecule has 1 aromatic rings. The van der Waals surface area contributed by atoms with Gasteiger partial charge in [-0.3, -0.25) is 4.79 Å². The quantitative estimate of drug-likeness (QED) is 0.750. The van der Waals surface area contributed by atoms with Crippen molar-refractivity contribution in [3.63, 3.8) is 0 Å². The van der Waals surface area contributed by atoms with E-state index in [2.05, 4.69) is 10.1 Å². The van der Waals surface area contributed by atoms with Crippen molar-refractivity contribution in [1.29, 1.82) is 0 Å². The summed E-state index contributed by atoms with van der Waals surface area (Å²) in [6.07, 6.45) is 0. The maximum absolute atomic E-state index is 11.5. The molecule has 1 amide bonds. The number of ether oxygens (including phenoxy) is 1. The number of furan rings is 1. The molecule has 0 spiro atoms. The summed E-state index contributed by atoms with van der Waals surface area (Å²) in [4.78, 5) is 24.4. The van der Waals surface area contributed by atoms with Crippen LogP contribution in [0.4, 0.5) is 0 Å². The average molecular weight is 238 g/mol. The topological polar surface area (TPSA) is 71.8 Å². The van der Waals surface area contributed by atoms with E-state index in [4.69, 9.17) is 4.42 Å². The van der Waals surface area contributed by atoms with Crippen LogP contribution in [0.15, 0.2) is 16.5 Å². The molecule has 6 nitrogen and oxygen atoms in total. The van der Waals surface area contributed by atoms with Gasteiger partial charge in [0.05, 0.1) is 20.2 Å². The Morgan fingerprint density at radius 1 is 1.59 bits per heavy atom. The summed E-state index contributed by atoms with van der Waals surface area (Å²) in [6, 6.07) is 3.23. The van der Waals surface area contributed by atoms with Crippen LogP contribution in [0.25, 0.3) is 0 Å². The molecule has 1 aliphatic rings. The van der Waals surface area contributed by atoms with Crippen molar-refractivity contribution in [2.75, 3.05) is 26.7 Å². The average Bonchev–Trinajstić information content (AvgIpc) is 2.80. The lowest BCUT2D eigenvalue weighted by molar-refractivity contribution is -0.132. The Bertz CT molecular complexity index is 427. The molecule has 0 bridgehead atoms. The number of nitrogens with one attached hydrogen (secondary N) is 1. The Kier molecular flexibility index (Phi) is 3.43. The number of carbonyl (C=O) groups excluding carboxylic acids is 2. The molecule has 1 aliphatic heterocycles. The highest BCUT2D eigenvalue weighted by molar-refractivity contribution is 5.86. The smallest absolute Gasteiger partial charge is 0.373 e. The molecule has 0 unspecified atom stereocenters. The van der Waals surface area contributed by atoms with Crippen LogP contribution in [0.3, 0.4) is 0 Å². The minimum atomic E-state index is -0.511. The van der Waals surface area contributed by atoms with E-state index in [-0.39, 0.29) is 11.7 Å². The molecule has 0 aliphatic carbocycles. The molecule has 0 saturated carbocycles. The molecular formula is C11H14N2O4. The Hall–Kier alpha value is -1.82. The maximum atomic E-state index is 11.5. The van der Waals surface area contributed by atoms with Crippen LogP contribution in [0, 0.1) is 0 Å². The lowest BCUT2D eigenvalue weighted by Gasteiger charge is -2.26. The number of nitrogens with zero attached hydrogens (tertiary/aromatic N) is 1. The van der Waals surface area contributed by atoms with E-state index in [1.54, 1.807) is 17.0 Å². The van der Waals surface area contributed by atoms with Crippen LogP contribution in [-0.4, -0.2) is 43.5 Å². The van der Waals surface area contributed by atoms with Crippen LogP contribution in [0.2, 0.25) is 0 Å². The van der Waals surface area contributed by atoms with Gasteiger partial charge in [0.15, 0.2) is 0 Å². The van der Waals surface area contributed by atoms with Gasteiger partial charge in [-0.2, -0.15) is 0 Å². The normalized spacial score (nSPS) is 16.1. The first-order valence-electron chi connectivity index (χ1n) is 5.36. The second-order valence-electron chi connectivity index (χ2n) is 3.75. The lowest BCUT2D eigenvalue weighted by atomic mass is 10.3. The first-order chi connectivity index (χ1) is 8.20. The van der Waals surface area contributed by atoms with Gasteiger partial charge in [0.2, 0.25) is 11.7 Å². The van der Waals surface area contributed by atoms with Crippen molar-refractivity contribution in [3.05, 3.63) is 23.7 Å². The Morgan fingerprint density at radius 2 is 2.41 bits per heavy atom. The van der Waals surface area contributed by atoms with Crippen molar-refractivity contribution in [2.24, 2.45) is 0 Å². The van der Waals surface area contributed by atoms with E-state index >= 15 is 0 Å². The fourth-order valence-corrected chi connectivity index (χ4v) is 1.67. The number of piperazine rings is 1. The Labute approximate surface area is 98.5 Å². The van der Waals surface area contributed by atoms with E-state index in [1.807, 2.05) is 0 Å². The van der Waals surface area contributed by atoms with Gasteiger partial charge in [-0.15, -0.1) is 0 Å². The second-order valence-corrected chi connectivity index (χ2v) is 3.75. The zero-order valence-electron chi connectivity index (χ0n) is 9.56. The summed E-state index contributed by atoms with van der Waals surface area (Å²) in [7, 11) is 1.30. The molecule has 1 saturated heterocycles. The minimum absolute atomic E-state index is 0.0345. The van der Waals surface area contributed by atoms with Crippen molar-refractivity contribution >= 4 is 11.9 Å². The van der Waals surface area contributed by atoms with Crippen molar-refractivity contribution in [1.82, 2.24) is 10.2 Å². The largest absolute Gasteiger partial charge is 0.463 e. The van der Waals surface area contributed by atoms with Gasteiger partial charge in [-0.1, -0.05) is 0 Å². The predicted octanol–water partition coefficient (Wildman–Crippen LogP) is -0.00200. The monoisotopic (exact) mass is 238 g/mol. The van der Waals surface area contributed by atoms with Gasteiger partial charge in [0.25, 0.3) is 0 Å². The zero-order chi connectivity index (χ0) is 12.3.